The highest BCUT2D eigenvalue weighted by molar-refractivity contribution is 6.06. The summed E-state index contributed by atoms with van der Waals surface area (Å²) in [5.74, 6) is -0.999. The van der Waals surface area contributed by atoms with Crippen molar-refractivity contribution in [2.45, 2.75) is 46.1 Å². The first kappa shape index (κ1) is 21.2. The predicted octanol–water partition coefficient (Wildman–Crippen LogP) is 3.22. The van der Waals surface area contributed by atoms with E-state index < -0.39 is 11.8 Å². The van der Waals surface area contributed by atoms with Gasteiger partial charge in [-0.1, -0.05) is 50.6 Å². The molecule has 0 aliphatic rings. The van der Waals surface area contributed by atoms with E-state index in [0.717, 1.165) is 19.3 Å². The van der Waals surface area contributed by atoms with Gasteiger partial charge in [0.2, 0.25) is 0 Å². The van der Waals surface area contributed by atoms with Gasteiger partial charge in [-0.15, -0.1) is 0 Å². The number of amides is 2. The number of aryl methyl sites for hydroxylation is 2. The second-order valence-electron chi connectivity index (χ2n) is 7.13. The van der Waals surface area contributed by atoms with E-state index in [9.17, 15) is 14.4 Å². The summed E-state index contributed by atoms with van der Waals surface area (Å²) in [5, 5.41) is 5.08. The van der Waals surface area contributed by atoms with Crippen LogP contribution in [-0.4, -0.2) is 21.6 Å². The van der Waals surface area contributed by atoms with E-state index in [0.29, 0.717) is 29.3 Å². The number of carbonyl (C=O) groups excluding carboxylic acids is 2. The number of hydrogen-bond acceptors (Lipinski definition) is 4. The number of hydrogen-bond donors (Lipinski definition) is 2. The zero-order chi connectivity index (χ0) is 21.5. The van der Waals surface area contributed by atoms with Crippen LogP contribution in [0.3, 0.4) is 0 Å². The molecule has 0 spiro atoms. The summed E-state index contributed by atoms with van der Waals surface area (Å²) in [6.07, 6.45) is 3.89. The van der Waals surface area contributed by atoms with Gasteiger partial charge in [-0.25, -0.2) is 4.68 Å². The Bertz CT molecular complexity index is 1100. The van der Waals surface area contributed by atoms with Crippen LogP contribution in [0.2, 0.25) is 0 Å². The molecule has 0 saturated heterocycles. The normalized spacial score (nSPS) is 10.7. The molecule has 2 amide bonds. The van der Waals surface area contributed by atoms with Gasteiger partial charge >= 0.3 is 0 Å². The SMILES string of the molecule is CCCCc1ccc(C(=O)NNC(=O)c2nn(CCC)c(=O)c3ccccc23)cc1. The minimum Gasteiger partial charge on any atom is -0.267 e. The molecule has 0 radical (unpaired) electrons. The Balaban J connectivity index is 1.76. The van der Waals surface area contributed by atoms with Crippen molar-refractivity contribution in [3.63, 3.8) is 0 Å². The Kier molecular flexibility index (Phi) is 6.95. The summed E-state index contributed by atoms with van der Waals surface area (Å²) in [6.45, 7) is 4.47. The van der Waals surface area contributed by atoms with Crippen molar-refractivity contribution in [3.8, 4) is 0 Å². The Hall–Kier alpha value is -3.48. The number of unbranched alkanes of at least 4 members (excludes halogenated alkanes) is 1. The van der Waals surface area contributed by atoms with Crippen LogP contribution in [0.15, 0.2) is 53.3 Å². The number of rotatable bonds is 7. The van der Waals surface area contributed by atoms with Gasteiger partial charge in [-0.3, -0.25) is 25.2 Å². The second kappa shape index (κ2) is 9.82. The zero-order valence-corrected chi connectivity index (χ0v) is 17.3. The molecule has 7 heteroatoms. The van der Waals surface area contributed by atoms with E-state index in [-0.39, 0.29) is 11.3 Å². The van der Waals surface area contributed by atoms with Crippen LogP contribution in [0.25, 0.3) is 10.8 Å². The maximum absolute atomic E-state index is 12.7. The number of hydrazine groups is 1. The Morgan fingerprint density at radius 2 is 1.57 bits per heavy atom. The van der Waals surface area contributed by atoms with Crippen LogP contribution in [0, 0.1) is 0 Å². The van der Waals surface area contributed by atoms with Crippen molar-refractivity contribution >= 4 is 22.6 Å². The summed E-state index contributed by atoms with van der Waals surface area (Å²) in [6, 6.07) is 14.1. The second-order valence-corrected chi connectivity index (χ2v) is 7.13. The Morgan fingerprint density at radius 1 is 0.900 bits per heavy atom. The number of fused-ring (bicyclic) bond motifs is 1. The fraction of sp³-hybridized carbons (Fsp3) is 0.304. The topological polar surface area (TPSA) is 93.1 Å². The molecular weight excluding hydrogens is 380 g/mol. The van der Waals surface area contributed by atoms with Gasteiger partial charge in [0.05, 0.1) is 5.39 Å². The third kappa shape index (κ3) is 4.74. The summed E-state index contributed by atoms with van der Waals surface area (Å²) >= 11 is 0. The van der Waals surface area contributed by atoms with Crippen LogP contribution in [0.1, 0.15) is 59.5 Å². The highest BCUT2D eigenvalue weighted by Crippen LogP contribution is 2.13. The van der Waals surface area contributed by atoms with Crippen LogP contribution in [0.5, 0.6) is 0 Å². The van der Waals surface area contributed by atoms with Crippen LogP contribution >= 0.6 is 0 Å². The van der Waals surface area contributed by atoms with Crippen molar-refractivity contribution in [2.75, 3.05) is 0 Å². The molecule has 0 aliphatic heterocycles. The van der Waals surface area contributed by atoms with Gasteiger partial charge in [0.1, 0.15) is 0 Å². The molecule has 7 nitrogen and oxygen atoms in total. The minimum atomic E-state index is -0.580. The van der Waals surface area contributed by atoms with E-state index in [1.807, 2.05) is 19.1 Å². The molecule has 2 aromatic carbocycles. The highest BCUT2D eigenvalue weighted by atomic mass is 16.2. The van der Waals surface area contributed by atoms with Gasteiger partial charge < -0.3 is 0 Å². The van der Waals surface area contributed by atoms with Crippen LogP contribution in [-0.2, 0) is 13.0 Å². The number of nitrogens with one attached hydrogen (secondary N) is 2. The van der Waals surface area contributed by atoms with E-state index in [4.69, 9.17) is 0 Å². The smallest absolute Gasteiger partial charge is 0.267 e. The number of carbonyl (C=O) groups is 2. The molecule has 0 bridgehead atoms. The van der Waals surface area contributed by atoms with Crippen molar-refractivity contribution in [3.05, 3.63) is 75.7 Å². The summed E-state index contributed by atoms with van der Waals surface area (Å²) in [4.78, 5) is 37.7. The molecule has 0 unspecified atom stereocenters. The molecule has 30 heavy (non-hydrogen) atoms. The van der Waals surface area contributed by atoms with Gasteiger partial charge in [-0.05, 0) is 43.0 Å². The fourth-order valence-electron chi connectivity index (χ4n) is 3.21. The Morgan fingerprint density at radius 3 is 2.23 bits per heavy atom. The van der Waals surface area contributed by atoms with E-state index >= 15 is 0 Å². The van der Waals surface area contributed by atoms with Crippen molar-refractivity contribution in [1.29, 1.82) is 0 Å². The monoisotopic (exact) mass is 406 g/mol. The highest BCUT2D eigenvalue weighted by Gasteiger charge is 2.17. The third-order valence-corrected chi connectivity index (χ3v) is 4.84. The Labute approximate surface area is 175 Å². The number of aromatic nitrogens is 2. The lowest BCUT2D eigenvalue weighted by Gasteiger charge is -2.11. The maximum atomic E-state index is 12.7. The van der Waals surface area contributed by atoms with E-state index in [1.165, 1.54) is 10.2 Å². The van der Waals surface area contributed by atoms with Gasteiger partial charge in [0.15, 0.2) is 5.69 Å². The molecule has 0 atom stereocenters. The van der Waals surface area contributed by atoms with Crippen molar-refractivity contribution in [2.24, 2.45) is 0 Å². The molecule has 1 heterocycles. The quantitative estimate of drug-likeness (QED) is 0.589. The minimum absolute atomic E-state index is 0.0915. The van der Waals surface area contributed by atoms with E-state index in [1.54, 1.807) is 36.4 Å². The first-order chi connectivity index (χ1) is 14.5. The molecule has 3 rings (SSSR count). The fourth-order valence-corrected chi connectivity index (χ4v) is 3.21. The summed E-state index contributed by atoms with van der Waals surface area (Å²) in [5.41, 5.74) is 6.31. The van der Waals surface area contributed by atoms with Crippen molar-refractivity contribution < 1.29 is 9.59 Å². The van der Waals surface area contributed by atoms with Crippen LogP contribution < -0.4 is 16.4 Å². The van der Waals surface area contributed by atoms with E-state index in [2.05, 4.69) is 22.9 Å². The first-order valence-corrected chi connectivity index (χ1v) is 10.2. The number of nitrogens with zero attached hydrogens (tertiary/aromatic N) is 2. The maximum Gasteiger partial charge on any atom is 0.290 e. The van der Waals surface area contributed by atoms with Crippen LogP contribution in [0.4, 0.5) is 0 Å². The molecule has 0 saturated carbocycles. The first-order valence-electron chi connectivity index (χ1n) is 10.2. The van der Waals surface area contributed by atoms with Gasteiger partial charge in [-0.2, -0.15) is 5.10 Å². The molecule has 2 N–H and O–H groups in total. The van der Waals surface area contributed by atoms with Crippen molar-refractivity contribution in [1.82, 2.24) is 20.6 Å². The lowest BCUT2D eigenvalue weighted by molar-refractivity contribution is 0.0843. The summed E-state index contributed by atoms with van der Waals surface area (Å²) in [7, 11) is 0. The average molecular weight is 406 g/mol. The number of benzene rings is 2. The predicted molar refractivity (Wildman–Crippen MR) is 116 cm³/mol. The molecule has 3 aromatic rings. The van der Waals surface area contributed by atoms with Gasteiger partial charge in [0, 0.05) is 17.5 Å². The molecule has 156 valence electrons. The zero-order valence-electron chi connectivity index (χ0n) is 17.3. The molecule has 0 aliphatic carbocycles. The molecular formula is C23H26N4O3. The third-order valence-electron chi connectivity index (χ3n) is 4.84. The standard InChI is InChI=1S/C23H26N4O3/c1-3-5-8-16-11-13-17(14-12-16)21(28)24-25-22(29)20-18-9-6-7-10-19(18)23(30)27(26-20)15-4-2/h6-7,9-14H,3-5,8,15H2,1-2H3,(H,24,28)(H,25,29). The lowest BCUT2D eigenvalue weighted by atomic mass is 10.1. The molecule has 1 aromatic heterocycles. The summed E-state index contributed by atoms with van der Waals surface area (Å²) < 4.78 is 1.29. The lowest BCUT2D eigenvalue weighted by Crippen LogP contribution is -2.42. The molecule has 0 fully saturated rings. The van der Waals surface area contributed by atoms with Gasteiger partial charge in [0.25, 0.3) is 17.4 Å². The average Bonchev–Trinajstić information content (AvgIpc) is 2.78. The largest absolute Gasteiger partial charge is 0.290 e.